The molecule has 0 amide bonds. The van der Waals surface area contributed by atoms with Crippen LogP contribution >= 0.6 is 34.5 Å². The molecular weight excluding hydrogens is 425 g/mol. The van der Waals surface area contributed by atoms with Crippen LogP contribution in [0.1, 0.15) is 6.92 Å². The van der Waals surface area contributed by atoms with Gasteiger partial charge in [0.2, 0.25) is 5.96 Å². The van der Waals surface area contributed by atoms with E-state index in [2.05, 4.69) is 15.0 Å². The summed E-state index contributed by atoms with van der Waals surface area (Å²) in [5.74, 6) is 0.578. The Balaban J connectivity index is 2.21. The molecule has 2 N–H and O–H groups in total. The smallest absolute Gasteiger partial charge is 0.275 e. The van der Waals surface area contributed by atoms with E-state index in [0.717, 1.165) is 11.3 Å². The number of rotatable bonds is 3. The van der Waals surface area contributed by atoms with E-state index >= 15 is 0 Å². The van der Waals surface area contributed by atoms with Crippen LogP contribution in [0.5, 0.6) is 0 Å². The molecule has 0 bridgehead atoms. The van der Waals surface area contributed by atoms with Gasteiger partial charge in [-0.1, -0.05) is 36.2 Å². The number of nitrogens with one attached hydrogen (secondary N) is 2. The van der Waals surface area contributed by atoms with E-state index < -0.39 is 20.8 Å². The molecule has 0 spiro atoms. The van der Waals surface area contributed by atoms with Crippen molar-refractivity contribution >= 4 is 67.0 Å². The average molecular weight is 438 g/mol. The predicted octanol–water partition coefficient (Wildman–Crippen LogP) is 3.54. The molecule has 6 nitrogen and oxygen atoms in total. The summed E-state index contributed by atoms with van der Waals surface area (Å²) in [5.41, 5.74) is 1.37. The molecule has 2 heterocycles. The lowest BCUT2D eigenvalue weighted by Crippen LogP contribution is -2.39. The predicted molar refractivity (Wildman–Crippen MR) is 104 cm³/mol. The number of nitrogens with zero attached hydrogens (tertiary/aromatic N) is 1. The second-order valence-electron chi connectivity index (χ2n) is 4.99. The van der Waals surface area contributed by atoms with Crippen LogP contribution in [0.2, 0.25) is 9.36 Å². The van der Waals surface area contributed by atoms with Crippen LogP contribution in [-0.4, -0.2) is 31.4 Å². The SMILES string of the molecule is CCS(=O)c1ccc(-c2c(Cl)sc3c2NC(=NC)NS3(=O)=O)c(Cl)c1. The van der Waals surface area contributed by atoms with Gasteiger partial charge in [-0.05, 0) is 12.1 Å². The van der Waals surface area contributed by atoms with Crippen LogP contribution < -0.4 is 10.0 Å². The van der Waals surface area contributed by atoms with E-state index in [1.807, 2.05) is 6.92 Å². The first kappa shape index (κ1) is 18.7. The van der Waals surface area contributed by atoms with Crippen LogP contribution in [-0.2, 0) is 20.8 Å². The minimum Gasteiger partial charge on any atom is -0.323 e. The van der Waals surface area contributed by atoms with Gasteiger partial charge in [0.1, 0.15) is 4.34 Å². The van der Waals surface area contributed by atoms with Gasteiger partial charge in [-0.25, -0.2) is 13.1 Å². The molecule has 134 valence electrons. The Morgan fingerprint density at radius 2 is 2.04 bits per heavy atom. The zero-order valence-corrected chi connectivity index (χ0v) is 17.1. The van der Waals surface area contributed by atoms with E-state index in [-0.39, 0.29) is 14.5 Å². The lowest BCUT2D eigenvalue weighted by Gasteiger charge is -2.19. The summed E-state index contributed by atoms with van der Waals surface area (Å²) in [6, 6.07) is 5.01. The standard InChI is InChI=1S/C14H13Cl2N3O3S3/c1-3-24(20)7-4-5-8(9(15)6-7)10-11-13(23-12(10)16)25(21,22)19-14(17-2)18-11/h4-6H,3H2,1-2H3,(H2,17,18,19). The molecule has 1 aliphatic heterocycles. The second-order valence-corrected chi connectivity index (χ2v) is 10.6. The zero-order chi connectivity index (χ0) is 18.4. The van der Waals surface area contributed by atoms with Gasteiger partial charge in [0.25, 0.3) is 10.0 Å². The van der Waals surface area contributed by atoms with Crippen LogP contribution in [0, 0.1) is 0 Å². The Morgan fingerprint density at radius 3 is 2.64 bits per heavy atom. The number of hydrogen-bond acceptors (Lipinski definition) is 5. The van der Waals surface area contributed by atoms with Crippen molar-refractivity contribution < 1.29 is 12.6 Å². The van der Waals surface area contributed by atoms with E-state index in [1.54, 1.807) is 18.2 Å². The van der Waals surface area contributed by atoms with Crippen molar-refractivity contribution in [3.8, 4) is 11.1 Å². The summed E-state index contributed by atoms with van der Waals surface area (Å²) in [7, 11) is -3.43. The van der Waals surface area contributed by atoms with Crippen molar-refractivity contribution in [2.24, 2.45) is 4.99 Å². The Hall–Kier alpha value is -1.13. The molecule has 2 aromatic rings. The first-order chi connectivity index (χ1) is 11.8. The molecular formula is C14H13Cl2N3O3S3. The zero-order valence-electron chi connectivity index (χ0n) is 13.1. The van der Waals surface area contributed by atoms with Crippen molar-refractivity contribution in [1.82, 2.24) is 4.72 Å². The van der Waals surface area contributed by atoms with Crippen molar-refractivity contribution in [3.63, 3.8) is 0 Å². The summed E-state index contributed by atoms with van der Waals surface area (Å²) in [5, 5.41) is 3.28. The Morgan fingerprint density at radius 1 is 1.32 bits per heavy atom. The molecule has 1 aromatic heterocycles. The molecule has 0 aliphatic carbocycles. The van der Waals surface area contributed by atoms with Gasteiger partial charge in [0.15, 0.2) is 4.21 Å². The maximum absolute atomic E-state index is 12.4. The molecule has 1 aromatic carbocycles. The van der Waals surface area contributed by atoms with Gasteiger partial charge < -0.3 is 5.32 Å². The van der Waals surface area contributed by atoms with Crippen molar-refractivity contribution in [2.75, 3.05) is 18.1 Å². The third-order valence-electron chi connectivity index (χ3n) is 3.51. The lowest BCUT2D eigenvalue weighted by atomic mass is 10.1. The maximum Gasteiger partial charge on any atom is 0.275 e. The second kappa shape index (κ2) is 6.88. The average Bonchev–Trinajstić information content (AvgIpc) is 2.90. The monoisotopic (exact) mass is 437 g/mol. The highest BCUT2D eigenvalue weighted by Crippen LogP contribution is 2.49. The number of sulfonamides is 1. The molecule has 0 saturated carbocycles. The summed E-state index contributed by atoms with van der Waals surface area (Å²) in [6.07, 6.45) is 0. The number of guanidine groups is 1. The lowest BCUT2D eigenvalue weighted by molar-refractivity contribution is 0.594. The third kappa shape index (κ3) is 3.31. The third-order valence-corrected chi connectivity index (χ3v) is 8.38. The van der Waals surface area contributed by atoms with Crippen molar-refractivity contribution in [2.45, 2.75) is 16.0 Å². The Bertz CT molecular complexity index is 1020. The molecule has 25 heavy (non-hydrogen) atoms. The number of fused-ring (bicyclic) bond motifs is 1. The molecule has 11 heteroatoms. The molecule has 0 radical (unpaired) electrons. The number of thiophene rings is 1. The van der Waals surface area contributed by atoms with Crippen LogP contribution in [0.3, 0.4) is 0 Å². The first-order valence-electron chi connectivity index (χ1n) is 7.05. The van der Waals surface area contributed by atoms with Gasteiger partial charge in [-0.3, -0.25) is 9.20 Å². The number of hydrogen-bond donors (Lipinski definition) is 2. The number of anilines is 1. The summed E-state index contributed by atoms with van der Waals surface area (Å²) >= 11 is 13.6. The molecule has 1 atom stereocenters. The molecule has 1 aliphatic rings. The Kier molecular flexibility index (Phi) is 5.13. The number of aliphatic imine (C=N–C) groups is 1. The normalized spacial score (nSPS) is 18.3. The number of benzene rings is 1. The molecule has 1 unspecified atom stereocenters. The van der Waals surface area contributed by atoms with Gasteiger partial charge in [0.05, 0.1) is 16.5 Å². The fraction of sp³-hybridized carbons (Fsp3) is 0.214. The van der Waals surface area contributed by atoms with E-state index in [9.17, 15) is 12.6 Å². The van der Waals surface area contributed by atoms with Gasteiger partial charge in [0, 0.05) is 33.8 Å². The van der Waals surface area contributed by atoms with Crippen LogP contribution in [0.15, 0.2) is 32.3 Å². The van der Waals surface area contributed by atoms with Crippen molar-refractivity contribution in [3.05, 3.63) is 27.6 Å². The summed E-state index contributed by atoms with van der Waals surface area (Å²) in [6.45, 7) is 1.82. The molecule has 3 rings (SSSR count). The summed E-state index contributed by atoms with van der Waals surface area (Å²) in [4.78, 5) is 4.47. The quantitative estimate of drug-likeness (QED) is 0.768. The maximum atomic E-state index is 12.4. The highest BCUT2D eigenvalue weighted by atomic mass is 35.5. The fourth-order valence-electron chi connectivity index (χ4n) is 2.35. The largest absolute Gasteiger partial charge is 0.323 e. The van der Waals surface area contributed by atoms with E-state index in [1.165, 1.54) is 7.05 Å². The van der Waals surface area contributed by atoms with Crippen molar-refractivity contribution in [1.29, 1.82) is 0 Å². The van der Waals surface area contributed by atoms with E-state index in [4.69, 9.17) is 23.2 Å². The number of halogens is 2. The van der Waals surface area contributed by atoms with Gasteiger partial charge in [-0.2, -0.15) is 0 Å². The minimum atomic E-state index is -3.75. The van der Waals surface area contributed by atoms with Gasteiger partial charge in [-0.15, -0.1) is 11.3 Å². The first-order valence-corrected chi connectivity index (χ1v) is 11.4. The topological polar surface area (TPSA) is 87.6 Å². The van der Waals surface area contributed by atoms with Crippen LogP contribution in [0.25, 0.3) is 11.1 Å². The van der Waals surface area contributed by atoms with Gasteiger partial charge >= 0.3 is 0 Å². The van der Waals surface area contributed by atoms with E-state index in [0.29, 0.717) is 32.5 Å². The minimum absolute atomic E-state index is 0.0668. The summed E-state index contributed by atoms with van der Waals surface area (Å²) < 4.78 is 39.3. The van der Waals surface area contributed by atoms with Crippen LogP contribution in [0.4, 0.5) is 5.69 Å². The fourth-order valence-corrected chi connectivity index (χ4v) is 6.52. The highest BCUT2D eigenvalue weighted by molar-refractivity contribution is 7.92. The molecule has 0 fully saturated rings. The Labute approximate surface area is 161 Å². The molecule has 0 saturated heterocycles. The highest BCUT2D eigenvalue weighted by Gasteiger charge is 2.33.